The molecule has 2 amide bonds. The summed E-state index contributed by atoms with van der Waals surface area (Å²) in [5.74, 6) is -0.114. The number of thiophene rings is 1. The molecule has 0 radical (unpaired) electrons. The Morgan fingerprint density at radius 1 is 1.21 bits per heavy atom. The lowest BCUT2D eigenvalue weighted by atomic mass is 9.72. The first-order valence-electron chi connectivity index (χ1n) is 9.82. The van der Waals surface area contributed by atoms with E-state index in [-0.39, 0.29) is 23.1 Å². The van der Waals surface area contributed by atoms with E-state index in [1.54, 1.807) is 11.3 Å². The normalized spacial score (nSPS) is 21.0. The summed E-state index contributed by atoms with van der Waals surface area (Å²) in [6.45, 7) is 4.91. The first kappa shape index (κ1) is 19.2. The van der Waals surface area contributed by atoms with Gasteiger partial charge in [-0.3, -0.25) is 9.59 Å². The minimum absolute atomic E-state index is 0.0255. The van der Waals surface area contributed by atoms with Crippen molar-refractivity contribution in [3.05, 3.63) is 57.8 Å². The van der Waals surface area contributed by atoms with E-state index in [4.69, 9.17) is 4.74 Å². The number of nitrogens with zero attached hydrogens (tertiary/aromatic N) is 1. The van der Waals surface area contributed by atoms with Crippen molar-refractivity contribution in [2.45, 2.75) is 26.3 Å². The van der Waals surface area contributed by atoms with Crippen LogP contribution in [-0.2, 0) is 16.1 Å². The van der Waals surface area contributed by atoms with Crippen LogP contribution in [0.2, 0.25) is 0 Å². The molecule has 0 aliphatic carbocycles. The molecule has 2 aromatic rings. The summed E-state index contributed by atoms with van der Waals surface area (Å²) in [5.41, 5.74) is 1.51. The van der Waals surface area contributed by atoms with Gasteiger partial charge in [-0.1, -0.05) is 24.3 Å². The third-order valence-electron chi connectivity index (χ3n) is 6.13. The van der Waals surface area contributed by atoms with Crippen LogP contribution in [-0.4, -0.2) is 43.0 Å². The van der Waals surface area contributed by atoms with Gasteiger partial charge in [0.2, 0.25) is 5.91 Å². The minimum atomic E-state index is -0.190. The van der Waals surface area contributed by atoms with Crippen molar-refractivity contribution in [3.63, 3.8) is 0 Å². The fourth-order valence-corrected chi connectivity index (χ4v) is 5.11. The van der Waals surface area contributed by atoms with Crippen molar-refractivity contribution in [2.75, 3.05) is 26.3 Å². The SMILES string of the molecule is Cc1ccccc1C(=O)N1CC(C(=O)NCc2cccs2)C2(CCOCC2)C1. The molecule has 28 heavy (non-hydrogen) atoms. The lowest BCUT2D eigenvalue weighted by Gasteiger charge is -2.37. The van der Waals surface area contributed by atoms with Crippen molar-refractivity contribution in [2.24, 2.45) is 11.3 Å². The average molecular weight is 399 g/mol. The van der Waals surface area contributed by atoms with Crippen LogP contribution < -0.4 is 5.32 Å². The Morgan fingerprint density at radius 3 is 2.71 bits per heavy atom. The van der Waals surface area contributed by atoms with E-state index in [1.807, 2.05) is 53.6 Å². The Hall–Kier alpha value is -2.18. The second-order valence-electron chi connectivity index (χ2n) is 7.83. The summed E-state index contributed by atoms with van der Waals surface area (Å²) >= 11 is 1.64. The van der Waals surface area contributed by atoms with Gasteiger partial charge in [-0.05, 0) is 42.8 Å². The number of ether oxygens (including phenoxy) is 1. The highest BCUT2D eigenvalue weighted by Crippen LogP contribution is 2.45. The fourth-order valence-electron chi connectivity index (χ4n) is 4.46. The summed E-state index contributed by atoms with van der Waals surface area (Å²) in [4.78, 5) is 29.3. The van der Waals surface area contributed by atoms with Crippen LogP contribution in [0.15, 0.2) is 41.8 Å². The second kappa shape index (κ2) is 8.05. The maximum Gasteiger partial charge on any atom is 0.254 e. The number of hydrogen-bond donors (Lipinski definition) is 1. The fraction of sp³-hybridized carbons (Fsp3) is 0.455. The molecule has 6 heteroatoms. The maximum absolute atomic E-state index is 13.2. The first-order chi connectivity index (χ1) is 13.6. The number of carbonyl (C=O) groups is 2. The van der Waals surface area contributed by atoms with E-state index < -0.39 is 0 Å². The maximum atomic E-state index is 13.2. The van der Waals surface area contributed by atoms with Gasteiger partial charge in [0, 0.05) is 42.2 Å². The van der Waals surface area contributed by atoms with Crippen LogP contribution >= 0.6 is 11.3 Å². The highest BCUT2D eigenvalue weighted by Gasteiger charge is 2.51. The molecule has 1 aromatic heterocycles. The molecule has 0 saturated carbocycles. The third kappa shape index (κ3) is 3.71. The molecular weight excluding hydrogens is 372 g/mol. The van der Waals surface area contributed by atoms with Gasteiger partial charge >= 0.3 is 0 Å². The number of aryl methyl sites for hydroxylation is 1. The molecular formula is C22H26N2O3S. The number of rotatable bonds is 4. The van der Waals surface area contributed by atoms with E-state index in [0.717, 1.165) is 28.8 Å². The molecule has 1 aromatic carbocycles. The quantitative estimate of drug-likeness (QED) is 0.860. The van der Waals surface area contributed by atoms with E-state index in [2.05, 4.69) is 5.32 Å². The minimum Gasteiger partial charge on any atom is -0.381 e. The monoisotopic (exact) mass is 398 g/mol. The van der Waals surface area contributed by atoms with Gasteiger partial charge in [-0.2, -0.15) is 0 Å². The first-order valence-corrected chi connectivity index (χ1v) is 10.7. The Labute approximate surface area is 169 Å². The number of nitrogens with one attached hydrogen (secondary N) is 1. The van der Waals surface area contributed by atoms with Gasteiger partial charge in [0.25, 0.3) is 5.91 Å². The van der Waals surface area contributed by atoms with Crippen LogP contribution in [0.5, 0.6) is 0 Å². The van der Waals surface area contributed by atoms with Crippen molar-refractivity contribution >= 4 is 23.2 Å². The zero-order valence-electron chi connectivity index (χ0n) is 16.1. The molecule has 2 aliphatic heterocycles. The smallest absolute Gasteiger partial charge is 0.254 e. The van der Waals surface area contributed by atoms with Crippen LogP contribution in [0.25, 0.3) is 0 Å². The number of carbonyl (C=O) groups excluding carboxylic acids is 2. The molecule has 5 nitrogen and oxygen atoms in total. The zero-order valence-corrected chi connectivity index (χ0v) is 17.0. The van der Waals surface area contributed by atoms with E-state index >= 15 is 0 Å². The molecule has 2 saturated heterocycles. The number of benzene rings is 1. The molecule has 1 atom stereocenters. The second-order valence-corrected chi connectivity index (χ2v) is 8.86. The van der Waals surface area contributed by atoms with E-state index in [9.17, 15) is 9.59 Å². The average Bonchev–Trinajstić information content (AvgIpc) is 3.35. The molecule has 0 bridgehead atoms. The highest BCUT2D eigenvalue weighted by molar-refractivity contribution is 7.09. The lowest BCUT2D eigenvalue weighted by molar-refractivity contribution is -0.130. The molecule has 1 spiro atoms. The number of hydrogen-bond acceptors (Lipinski definition) is 4. The molecule has 2 aliphatic rings. The van der Waals surface area contributed by atoms with Crippen molar-refractivity contribution in [1.82, 2.24) is 10.2 Å². The molecule has 3 heterocycles. The predicted molar refractivity (Wildman–Crippen MR) is 109 cm³/mol. The topological polar surface area (TPSA) is 58.6 Å². The van der Waals surface area contributed by atoms with Crippen LogP contribution in [0, 0.1) is 18.3 Å². The van der Waals surface area contributed by atoms with Crippen LogP contribution in [0.4, 0.5) is 0 Å². The number of likely N-dealkylation sites (tertiary alicyclic amines) is 1. The molecule has 1 N–H and O–H groups in total. The van der Waals surface area contributed by atoms with Gasteiger partial charge in [-0.25, -0.2) is 0 Å². The number of amides is 2. The predicted octanol–water partition coefficient (Wildman–Crippen LogP) is 3.24. The largest absolute Gasteiger partial charge is 0.381 e. The molecule has 1 unspecified atom stereocenters. The Morgan fingerprint density at radius 2 is 2.00 bits per heavy atom. The summed E-state index contributed by atoms with van der Waals surface area (Å²) in [5, 5.41) is 5.12. The Kier molecular flexibility index (Phi) is 5.51. The van der Waals surface area contributed by atoms with E-state index in [0.29, 0.717) is 32.8 Å². The van der Waals surface area contributed by atoms with Gasteiger partial charge in [0.15, 0.2) is 0 Å². The van der Waals surface area contributed by atoms with Crippen molar-refractivity contribution in [3.8, 4) is 0 Å². The zero-order chi connectivity index (χ0) is 19.6. The van der Waals surface area contributed by atoms with Gasteiger partial charge in [0.1, 0.15) is 0 Å². The van der Waals surface area contributed by atoms with E-state index in [1.165, 1.54) is 0 Å². The van der Waals surface area contributed by atoms with Crippen LogP contribution in [0.3, 0.4) is 0 Å². The van der Waals surface area contributed by atoms with Crippen molar-refractivity contribution < 1.29 is 14.3 Å². The molecule has 4 rings (SSSR count). The van der Waals surface area contributed by atoms with Crippen LogP contribution in [0.1, 0.15) is 33.6 Å². The lowest BCUT2D eigenvalue weighted by Crippen LogP contribution is -2.44. The van der Waals surface area contributed by atoms with Gasteiger partial charge < -0.3 is 15.0 Å². The molecule has 148 valence electrons. The Balaban J connectivity index is 1.53. The van der Waals surface area contributed by atoms with Gasteiger partial charge in [-0.15, -0.1) is 11.3 Å². The Bertz CT molecular complexity index is 843. The van der Waals surface area contributed by atoms with Crippen molar-refractivity contribution in [1.29, 1.82) is 0 Å². The summed E-state index contributed by atoms with van der Waals surface area (Å²) < 4.78 is 5.57. The molecule has 2 fully saturated rings. The standard InChI is InChI=1S/C22H26N2O3S/c1-16-5-2-3-7-18(16)21(26)24-14-19(22(15-24)8-10-27-11-9-22)20(25)23-13-17-6-4-12-28-17/h2-7,12,19H,8-11,13-15H2,1H3,(H,23,25). The summed E-state index contributed by atoms with van der Waals surface area (Å²) in [6.07, 6.45) is 1.64. The summed E-state index contributed by atoms with van der Waals surface area (Å²) in [7, 11) is 0. The highest BCUT2D eigenvalue weighted by atomic mass is 32.1. The van der Waals surface area contributed by atoms with Gasteiger partial charge in [0.05, 0.1) is 12.5 Å². The summed E-state index contributed by atoms with van der Waals surface area (Å²) in [6, 6.07) is 11.7. The third-order valence-corrected chi connectivity index (χ3v) is 7.01.